The Morgan fingerprint density at radius 2 is 2.21 bits per heavy atom. The summed E-state index contributed by atoms with van der Waals surface area (Å²) in [7, 11) is 1.90. The van der Waals surface area contributed by atoms with Gasteiger partial charge in [0.1, 0.15) is 5.82 Å². The standard InChI is InChI=1S/C12H16FN/c1-10-6-5-8-11(12(10)13)7-3-4-9-14-2/h3,5-8,14H,4,9H2,1-2H3. The molecule has 0 radical (unpaired) electrons. The smallest absolute Gasteiger partial charge is 0.133 e. The van der Waals surface area contributed by atoms with Crippen molar-refractivity contribution in [2.45, 2.75) is 13.3 Å². The van der Waals surface area contributed by atoms with Gasteiger partial charge in [-0.1, -0.05) is 30.4 Å². The van der Waals surface area contributed by atoms with E-state index in [1.807, 2.05) is 25.3 Å². The minimum Gasteiger partial charge on any atom is -0.319 e. The fraction of sp³-hybridized carbons (Fsp3) is 0.333. The molecule has 0 fully saturated rings. The summed E-state index contributed by atoms with van der Waals surface area (Å²) >= 11 is 0. The number of hydrogen-bond donors (Lipinski definition) is 1. The van der Waals surface area contributed by atoms with Crippen molar-refractivity contribution < 1.29 is 4.39 Å². The van der Waals surface area contributed by atoms with Crippen molar-refractivity contribution in [2.24, 2.45) is 0 Å². The molecular weight excluding hydrogens is 177 g/mol. The number of benzene rings is 1. The van der Waals surface area contributed by atoms with Gasteiger partial charge in [-0.05, 0) is 32.5 Å². The molecule has 1 rings (SSSR count). The summed E-state index contributed by atoms with van der Waals surface area (Å²) in [6.07, 6.45) is 4.73. The molecule has 76 valence electrons. The largest absolute Gasteiger partial charge is 0.319 e. The van der Waals surface area contributed by atoms with Crippen molar-refractivity contribution in [1.82, 2.24) is 5.32 Å². The molecule has 0 saturated carbocycles. The molecule has 0 heterocycles. The second-order valence-electron chi connectivity index (χ2n) is 3.27. The van der Waals surface area contributed by atoms with Crippen LogP contribution >= 0.6 is 0 Å². The first-order chi connectivity index (χ1) is 6.75. The Morgan fingerprint density at radius 1 is 1.43 bits per heavy atom. The van der Waals surface area contributed by atoms with Gasteiger partial charge in [0.25, 0.3) is 0 Å². The van der Waals surface area contributed by atoms with Crippen LogP contribution in [0.5, 0.6) is 0 Å². The van der Waals surface area contributed by atoms with Crippen molar-refractivity contribution in [3.63, 3.8) is 0 Å². The lowest BCUT2D eigenvalue weighted by Crippen LogP contribution is -2.05. The Kier molecular flexibility index (Phi) is 4.33. The molecule has 1 aromatic carbocycles. The first-order valence-electron chi connectivity index (χ1n) is 4.82. The summed E-state index contributed by atoms with van der Waals surface area (Å²) in [4.78, 5) is 0. The summed E-state index contributed by atoms with van der Waals surface area (Å²) in [5.41, 5.74) is 1.36. The highest BCUT2D eigenvalue weighted by Gasteiger charge is 1.99. The van der Waals surface area contributed by atoms with Crippen LogP contribution in [0.1, 0.15) is 17.5 Å². The van der Waals surface area contributed by atoms with E-state index >= 15 is 0 Å². The zero-order valence-electron chi connectivity index (χ0n) is 8.68. The van der Waals surface area contributed by atoms with Crippen LogP contribution in [-0.2, 0) is 0 Å². The highest BCUT2D eigenvalue weighted by Crippen LogP contribution is 2.13. The monoisotopic (exact) mass is 193 g/mol. The molecule has 1 N–H and O–H groups in total. The molecule has 1 nitrogen and oxygen atoms in total. The zero-order chi connectivity index (χ0) is 10.4. The van der Waals surface area contributed by atoms with Gasteiger partial charge < -0.3 is 5.32 Å². The van der Waals surface area contributed by atoms with Gasteiger partial charge in [-0.25, -0.2) is 4.39 Å². The van der Waals surface area contributed by atoms with Crippen LogP contribution in [0.3, 0.4) is 0 Å². The predicted octanol–water partition coefficient (Wildman–Crippen LogP) is 2.76. The van der Waals surface area contributed by atoms with Gasteiger partial charge in [0, 0.05) is 5.56 Å². The number of rotatable bonds is 4. The number of hydrogen-bond acceptors (Lipinski definition) is 1. The van der Waals surface area contributed by atoms with Crippen molar-refractivity contribution >= 4 is 6.08 Å². The van der Waals surface area contributed by atoms with Gasteiger partial charge in [0.2, 0.25) is 0 Å². The van der Waals surface area contributed by atoms with E-state index in [9.17, 15) is 4.39 Å². The van der Waals surface area contributed by atoms with Crippen LogP contribution in [-0.4, -0.2) is 13.6 Å². The van der Waals surface area contributed by atoms with Crippen LogP contribution in [0.4, 0.5) is 4.39 Å². The third-order valence-electron chi connectivity index (χ3n) is 2.08. The molecule has 0 saturated heterocycles. The molecule has 0 aliphatic heterocycles. The second kappa shape index (κ2) is 5.55. The molecule has 0 amide bonds. The fourth-order valence-corrected chi connectivity index (χ4v) is 1.24. The summed E-state index contributed by atoms with van der Waals surface area (Å²) in [6.45, 7) is 2.70. The maximum atomic E-state index is 13.4. The van der Waals surface area contributed by atoms with Crippen LogP contribution < -0.4 is 5.32 Å². The minimum atomic E-state index is -0.117. The summed E-state index contributed by atoms with van der Waals surface area (Å²) < 4.78 is 13.4. The SMILES string of the molecule is CNCCC=Cc1cccc(C)c1F. The summed E-state index contributed by atoms with van der Waals surface area (Å²) in [6, 6.07) is 5.44. The molecule has 0 spiro atoms. The van der Waals surface area contributed by atoms with E-state index in [-0.39, 0.29) is 5.82 Å². The van der Waals surface area contributed by atoms with E-state index in [1.54, 1.807) is 19.1 Å². The van der Waals surface area contributed by atoms with Gasteiger partial charge in [-0.2, -0.15) is 0 Å². The normalized spacial score (nSPS) is 11.1. The van der Waals surface area contributed by atoms with E-state index < -0.39 is 0 Å². The summed E-state index contributed by atoms with van der Waals surface area (Å²) in [5.74, 6) is -0.117. The average molecular weight is 193 g/mol. The molecule has 0 atom stereocenters. The fourth-order valence-electron chi connectivity index (χ4n) is 1.24. The highest BCUT2D eigenvalue weighted by atomic mass is 19.1. The lowest BCUT2D eigenvalue weighted by atomic mass is 10.1. The maximum Gasteiger partial charge on any atom is 0.133 e. The molecule has 0 aromatic heterocycles. The van der Waals surface area contributed by atoms with Crippen molar-refractivity contribution in [2.75, 3.05) is 13.6 Å². The van der Waals surface area contributed by atoms with Gasteiger partial charge in [-0.15, -0.1) is 0 Å². The quantitative estimate of drug-likeness (QED) is 0.725. The van der Waals surface area contributed by atoms with Crippen molar-refractivity contribution in [3.05, 3.63) is 41.2 Å². The number of aryl methyl sites for hydroxylation is 1. The molecule has 1 aromatic rings. The first-order valence-corrected chi connectivity index (χ1v) is 4.82. The zero-order valence-corrected chi connectivity index (χ0v) is 8.68. The first kappa shape index (κ1) is 10.9. The van der Waals surface area contributed by atoms with Crippen LogP contribution in [0.2, 0.25) is 0 Å². The lowest BCUT2D eigenvalue weighted by molar-refractivity contribution is 0.615. The van der Waals surface area contributed by atoms with E-state index in [0.29, 0.717) is 11.1 Å². The van der Waals surface area contributed by atoms with E-state index in [1.165, 1.54) is 0 Å². The molecule has 0 unspecified atom stereocenters. The van der Waals surface area contributed by atoms with E-state index in [2.05, 4.69) is 5.32 Å². The molecule has 0 aliphatic rings. The molecule has 2 heteroatoms. The Labute approximate surface area is 84.6 Å². The summed E-state index contributed by atoms with van der Waals surface area (Å²) in [5, 5.41) is 3.03. The Hall–Kier alpha value is -1.15. The second-order valence-corrected chi connectivity index (χ2v) is 3.27. The molecule has 0 aliphatic carbocycles. The van der Waals surface area contributed by atoms with Crippen LogP contribution in [0, 0.1) is 12.7 Å². The number of nitrogens with one attached hydrogen (secondary N) is 1. The Bertz CT molecular complexity index is 318. The number of halogens is 1. The molecule has 14 heavy (non-hydrogen) atoms. The van der Waals surface area contributed by atoms with E-state index in [0.717, 1.165) is 13.0 Å². The third kappa shape index (κ3) is 2.96. The maximum absolute atomic E-state index is 13.4. The van der Waals surface area contributed by atoms with E-state index in [4.69, 9.17) is 0 Å². The van der Waals surface area contributed by atoms with Gasteiger partial charge in [0.15, 0.2) is 0 Å². The predicted molar refractivity (Wildman–Crippen MR) is 58.7 cm³/mol. The van der Waals surface area contributed by atoms with Gasteiger partial charge >= 0.3 is 0 Å². The molecular formula is C12H16FN. The lowest BCUT2D eigenvalue weighted by Gasteiger charge is -1.99. The highest BCUT2D eigenvalue weighted by molar-refractivity contribution is 5.51. The Balaban J connectivity index is 2.67. The van der Waals surface area contributed by atoms with Crippen molar-refractivity contribution in [3.8, 4) is 0 Å². The average Bonchev–Trinajstić information content (AvgIpc) is 2.19. The molecule has 0 bridgehead atoms. The van der Waals surface area contributed by atoms with Crippen LogP contribution in [0.15, 0.2) is 24.3 Å². The van der Waals surface area contributed by atoms with Crippen LogP contribution in [0.25, 0.3) is 6.08 Å². The van der Waals surface area contributed by atoms with Gasteiger partial charge in [0.05, 0.1) is 0 Å². The van der Waals surface area contributed by atoms with Gasteiger partial charge in [-0.3, -0.25) is 0 Å². The van der Waals surface area contributed by atoms with Crippen molar-refractivity contribution in [1.29, 1.82) is 0 Å². The topological polar surface area (TPSA) is 12.0 Å². The minimum absolute atomic E-state index is 0.117. The Morgan fingerprint density at radius 3 is 2.93 bits per heavy atom. The third-order valence-corrected chi connectivity index (χ3v) is 2.08.